The van der Waals surface area contributed by atoms with Gasteiger partial charge in [-0.05, 0) is 49.8 Å². The van der Waals surface area contributed by atoms with Gasteiger partial charge in [0.1, 0.15) is 17.0 Å². The smallest absolute Gasteiger partial charge is 0.323 e. The molecule has 1 rings (SSSR count). The fraction of sp³-hybridized carbons (Fsp3) is 0.611. The van der Waals surface area contributed by atoms with Crippen LogP contribution < -0.4 is 15.2 Å². The second-order valence-electron chi connectivity index (χ2n) is 6.31. The van der Waals surface area contributed by atoms with E-state index in [0.29, 0.717) is 12.3 Å². The van der Waals surface area contributed by atoms with E-state index in [0.717, 1.165) is 42.7 Å². The van der Waals surface area contributed by atoms with E-state index in [4.69, 9.17) is 20.3 Å². The molecule has 3 N–H and O–H groups in total. The van der Waals surface area contributed by atoms with Crippen LogP contribution in [0, 0.1) is 5.92 Å². The number of benzene rings is 1. The number of aliphatic carboxylic acids is 1. The molecule has 2 unspecified atom stereocenters. The molecule has 1 aromatic rings. The molecule has 5 nitrogen and oxygen atoms in total. The largest absolute Gasteiger partial charge is 0.497 e. The molecule has 0 saturated carbocycles. The number of nitrogens with two attached hydrogens (primary N) is 1. The first-order valence-corrected chi connectivity index (χ1v) is 8.06. The van der Waals surface area contributed by atoms with Gasteiger partial charge in [0, 0.05) is 6.07 Å². The molecule has 5 heteroatoms. The van der Waals surface area contributed by atoms with Gasteiger partial charge in [-0.1, -0.05) is 19.8 Å². The number of carboxylic acids is 1. The van der Waals surface area contributed by atoms with E-state index in [9.17, 15) is 4.79 Å². The Labute approximate surface area is 138 Å². The summed E-state index contributed by atoms with van der Waals surface area (Å²) in [4.78, 5) is 11.2. The Bertz CT molecular complexity index is 491. The van der Waals surface area contributed by atoms with Crippen LogP contribution in [-0.4, -0.2) is 30.8 Å². The minimum absolute atomic E-state index is 0.314. The van der Waals surface area contributed by atoms with Crippen LogP contribution in [-0.2, 0) is 11.2 Å². The second-order valence-corrected chi connectivity index (χ2v) is 6.31. The highest BCUT2D eigenvalue weighted by atomic mass is 16.5. The maximum absolute atomic E-state index is 11.2. The number of methoxy groups -OCH3 is 2. The summed E-state index contributed by atoms with van der Waals surface area (Å²) in [5.74, 6) is 0.945. The summed E-state index contributed by atoms with van der Waals surface area (Å²) in [6.07, 6.45) is 4.26. The Morgan fingerprint density at radius 3 is 2.26 bits per heavy atom. The highest BCUT2D eigenvalue weighted by Crippen LogP contribution is 2.26. The van der Waals surface area contributed by atoms with Crippen LogP contribution in [0.2, 0.25) is 0 Å². The van der Waals surface area contributed by atoms with Crippen LogP contribution in [0.25, 0.3) is 0 Å². The molecule has 0 saturated heterocycles. The van der Waals surface area contributed by atoms with Crippen molar-refractivity contribution in [1.82, 2.24) is 0 Å². The van der Waals surface area contributed by atoms with Gasteiger partial charge in [-0.15, -0.1) is 0 Å². The molecule has 23 heavy (non-hydrogen) atoms. The second kappa shape index (κ2) is 8.77. The average Bonchev–Trinajstić information content (AvgIpc) is 2.53. The molecule has 1 aromatic carbocycles. The Balaban J connectivity index is 2.59. The minimum Gasteiger partial charge on any atom is -0.497 e. The fourth-order valence-corrected chi connectivity index (χ4v) is 2.74. The zero-order valence-corrected chi connectivity index (χ0v) is 14.6. The lowest BCUT2D eigenvalue weighted by Gasteiger charge is -2.25. The van der Waals surface area contributed by atoms with Crippen molar-refractivity contribution in [1.29, 1.82) is 0 Å². The zero-order chi connectivity index (χ0) is 17.5. The summed E-state index contributed by atoms with van der Waals surface area (Å²) < 4.78 is 10.6. The SMILES string of the molecule is CCC(CCCc1cc(OC)cc(OC)c1)CC(C)(N)C(=O)O. The van der Waals surface area contributed by atoms with Crippen molar-refractivity contribution < 1.29 is 19.4 Å². The van der Waals surface area contributed by atoms with Crippen molar-refractivity contribution >= 4 is 5.97 Å². The van der Waals surface area contributed by atoms with Crippen LogP contribution in [0.15, 0.2) is 18.2 Å². The first kappa shape index (κ1) is 19.3. The van der Waals surface area contributed by atoms with Gasteiger partial charge in [0.2, 0.25) is 0 Å². The lowest BCUT2D eigenvalue weighted by atomic mass is 9.85. The third-order valence-electron chi connectivity index (χ3n) is 4.27. The minimum atomic E-state index is -1.15. The molecule has 0 aromatic heterocycles. The maximum atomic E-state index is 11.2. The third kappa shape index (κ3) is 6.10. The van der Waals surface area contributed by atoms with Crippen molar-refractivity contribution in [2.75, 3.05) is 14.2 Å². The maximum Gasteiger partial charge on any atom is 0.323 e. The van der Waals surface area contributed by atoms with Gasteiger partial charge >= 0.3 is 5.97 Å². The number of carbonyl (C=O) groups is 1. The van der Waals surface area contributed by atoms with Gasteiger partial charge < -0.3 is 20.3 Å². The number of ether oxygens (including phenoxy) is 2. The topological polar surface area (TPSA) is 81.8 Å². The van der Waals surface area contributed by atoms with E-state index in [1.165, 1.54) is 0 Å². The Hall–Kier alpha value is -1.75. The number of rotatable bonds is 10. The molecule has 0 heterocycles. The van der Waals surface area contributed by atoms with Gasteiger partial charge in [0.05, 0.1) is 14.2 Å². The molecule has 0 fully saturated rings. The van der Waals surface area contributed by atoms with Crippen LogP contribution in [0.3, 0.4) is 0 Å². The molecule has 0 spiro atoms. The van der Waals surface area contributed by atoms with Crippen LogP contribution >= 0.6 is 0 Å². The van der Waals surface area contributed by atoms with Gasteiger partial charge in [0.15, 0.2) is 0 Å². The summed E-state index contributed by atoms with van der Waals surface area (Å²) in [6, 6.07) is 5.87. The summed E-state index contributed by atoms with van der Waals surface area (Å²) in [5, 5.41) is 9.15. The van der Waals surface area contributed by atoms with E-state index in [2.05, 4.69) is 6.92 Å². The van der Waals surface area contributed by atoms with Crippen LogP contribution in [0.1, 0.15) is 45.1 Å². The zero-order valence-electron chi connectivity index (χ0n) is 14.6. The summed E-state index contributed by atoms with van der Waals surface area (Å²) in [7, 11) is 3.28. The van der Waals surface area contributed by atoms with E-state index < -0.39 is 11.5 Å². The van der Waals surface area contributed by atoms with Crippen molar-refractivity contribution in [3.63, 3.8) is 0 Å². The summed E-state index contributed by atoms with van der Waals surface area (Å²) in [5.41, 5.74) is 5.87. The molecule has 0 radical (unpaired) electrons. The Morgan fingerprint density at radius 1 is 1.26 bits per heavy atom. The Kier molecular flexibility index (Phi) is 7.36. The molecule has 2 atom stereocenters. The molecule has 0 aliphatic rings. The first-order chi connectivity index (χ1) is 10.8. The molecule has 0 aliphatic heterocycles. The molecular weight excluding hydrogens is 294 g/mol. The molecule has 0 aliphatic carbocycles. The van der Waals surface area contributed by atoms with Crippen molar-refractivity contribution in [2.45, 2.75) is 51.5 Å². The van der Waals surface area contributed by atoms with Crippen molar-refractivity contribution in [2.24, 2.45) is 11.7 Å². The van der Waals surface area contributed by atoms with Gasteiger partial charge in [-0.25, -0.2) is 0 Å². The molecule has 0 bridgehead atoms. The van der Waals surface area contributed by atoms with Gasteiger partial charge in [0.25, 0.3) is 0 Å². The first-order valence-electron chi connectivity index (χ1n) is 8.06. The van der Waals surface area contributed by atoms with Gasteiger partial charge in [-0.2, -0.15) is 0 Å². The monoisotopic (exact) mass is 323 g/mol. The van der Waals surface area contributed by atoms with Crippen molar-refractivity contribution in [3.8, 4) is 11.5 Å². The average molecular weight is 323 g/mol. The van der Waals surface area contributed by atoms with E-state index in [1.54, 1.807) is 21.1 Å². The number of hydrogen-bond acceptors (Lipinski definition) is 4. The highest BCUT2D eigenvalue weighted by Gasteiger charge is 2.30. The quantitative estimate of drug-likeness (QED) is 0.691. The van der Waals surface area contributed by atoms with Crippen LogP contribution in [0.5, 0.6) is 11.5 Å². The Morgan fingerprint density at radius 2 is 1.83 bits per heavy atom. The number of hydrogen-bond donors (Lipinski definition) is 2. The predicted octanol–water partition coefficient (Wildman–Crippen LogP) is 3.24. The van der Waals surface area contributed by atoms with E-state index in [-0.39, 0.29) is 0 Å². The standard InChI is InChI=1S/C18H29NO4/c1-5-13(12-18(2,19)17(20)21)7-6-8-14-9-15(22-3)11-16(10-14)23-4/h9-11,13H,5-8,12,19H2,1-4H3,(H,20,21). The van der Waals surface area contributed by atoms with Crippen molar-refractivity contribution in [3.05, 3.63) is 23.8 Å². The normalized spacial score (nSPS) is 14.8. The molecular formula is C18H29NO4. The lowest BCUT2D eigenvalue weighted by Crippen LogP contribution is -2.46. The summed E-state index contributed by atoms with van der Waals surface area (Å²) in [6.45, 7) is 3.67. The highest BCUT2D eigenvalue weighted by molar-refractivity contribution is 5.77. The van der Waals surface area contributed by atoms with E-state index >= 15 is 0 Å². The van der Waals surface area contributed by atoms with Crippen LogP contribution in [0.4, 0.5) is 0 Å². The third-order valence-corrected chi connectivity index (χ3v) is 4.27. The lowest BCUT2D eigenvalue weighted by molar-refractivity contribution is -0.143. The number of aryl methyl sites for hydroxylation is 1. The van der Waals surface area contributed by atoms with Gasteiger partial charge in [-0.3, -0.25) is 4.79 Å². The predicted molar refractivity (Wildman–Crippen MR) is 91.1 cm³/mol. The fourth-order valence-electron chi connectivity index (χ4n) is 2.74. The van der Waals surface area contributed by atoms with E-state index in [1.807, 2.05) is 18.2 Å². The molecule has 0 amide bonds. The molecule has 130 valence electrons. The number of carboxylic acid groups (broad SMARTS) is 1. The summed E-state index contributed by atoms with van der Waals surface area (Å²) >= 11 is 0.